The SMILES string of the molecule is CC1(C)OCC(COC(=O)Cc2ccccc2S(C)(=O)=O)O1. The summed E-state index contributed by atoms with van der Waals surface area (Å²) in [6, 6.07) is 6.40. The number of carbonyl (C=O) groups excluding carboxylic acids is 1. The van der Waals surface area contributed by atoms with Gasteiger partial charge in [-0.25, -0.2) is 8.42 Å². The lowest BCUT2D eigenvalue weighted by atomic mass is 10.1. The highest BCUT2D eigenvalue weighted by molar-refractivity contribution is 7.90. The molecule has 22 heavy (non-hydrogen) atoms. The summed E-state index contributed by atoms with van der Waals surface area (Å²) in [5.74, 6) is -1.16. The molecule has 0 N–H and O–H groups in total. The van der Waals surface area contributed by atoms with E-state index >= 15 is 0 Å². The van der Waals surface area contributed by atoms with Crippen molar-refractivity contribution in [3.05, 3.63) is 29.8 Å². The normalized spacial score (nSPS) is 20.8. The van der Waals surface area contributed by atoms with E-state index in [1.807, 2.05) is 0 Å². The van der Waals surface area contributed by atoms with Crippen molar-refractivity contribution in [2.75, 3.05) is 19.5 Å². The van der Waals surface area contributed by atoms with Gasteiger partial charge in [0, 0.05) is 6.26 Å². The van der Waals surface area contributed by atoms with Gasteiger partial charge in [-0.1, -0.05) is 18.2 Å². The zero-order chi connectivity index (χ0) is 16.4. The van der Waals surface area contributed by atoms with Gasteiger partial charge in [0.25, 0.3) is 0 Å². The van der Waals surface area contributed by atoms with Gasteiger partial charge >= 0.3 is 5.97 Å². The lowest BCUT2D eigenvalue weighted by Crippen LogP contribution is -2.25. The molecule has 6 nitrogen and oxygen atoms in total. The van der Waals surface area contributed by atoms with Crippen LogP contribution >= 0.6 is 0 Å². The van der Waals surface area contributed by atoms with Gasteiger partial charge in [-0.05, 0) is 25.5 Å². The van der Waals surface area contributed by atoms with Crippen LogP contribution in [0.25, 0.3) is 0 Å². The minimum atomic E-state index is -3.38. The van der Waals surface area contributed by atoms with Crippen molar-refractivity contribution in [1.29, 1.82) is 0 Å². The molecule has 1 heterocycles. The Morgan fingerprint density at radius 3 is 2.64 bits per heavy atom. The van der Waals surface area contributed by atoms with Gasteiger partial charge in [0.1, 0.15) is 12.7 Å². The fourth-order valence-electron chi connectivity index (χ4n) is 2.25. The number of rotatable bonds is 5. The second-order valence-corrected chi connectivity index (χ2v) is 7.67. The highest BCUT2D eigenvalue weighted by Gasteiger charge is 2.33. The molecule has 1 aliphatic rings. The minimum absolute atomic E-state index is 0.0866. The van der Waals surface area contributed by atoms with E-state index < -0.39 is 21.6 Å². The summed E-state index contributed by atoms with van der Waals surface area (Å²) in [6.07, 6.45) is 0.715. The molecule has 1 atom stereocenters. The Hall–Kier alpha value is -1.44. The minimum Gasteiger partial charge on any atom is -0.463 e. The van der Waals surface area contributed by atoms with Crippen LogP contribution in [0.15, 0.2) is 29.2 Å². The van der Waals surface area contributed by atoms with Crippen LogP contribution < -0.4 is 0 Å². The summed E-state index contributed by atoms with van der Waals surface area (Å²) >= 11 is 0. The molecule has 7 heteroatoms. The van der Waals surface area contributed by atoms with E-state index in [2.05, 4.69) is 0 Å². The molecule has 0 aromatic heterocycles. The topological polar surface area (TPSA) is 78.9 Å². The molecule has 0 bridgehead atoms. The van der Waals surface area contributed by atoms with E-state index in [0.717, 1.165) is 6.26 Å². The van der Waals surface area contributed by atoms with Crippen molar-refractivity contribution in [2.24, 2.45) is 0 Å². The van der Waals surface area contributed by atoms with Gasteiger partial charge in [-0.15, -0.1) is 0 Å². The molecular formula is C15H20O6S. The molecule has 1 aliphatic heterocycles. The van der Waals surface area contributed by atoms with Gasteiger partial charge in [-0.3, -0.25) is 4.79 Å². The maximum absolute atomic E-state index is 11.9. The third kappa shape index (κ3) is 4.53. The Morgan fingerprint density at radius 2 is 2.05 bits per heavy atom. The number of hydrogen-bond donors (Lipinski definition) is 0. The van der Waals surface area contributed by atoms with Crippen LogP contribution in [-0.2, 0) is 35.3 Å². The van der Waals surface area contributed by atoms with E-state index in [1.54, 1.807) is 32.0 Å². The standard InChI is InChI=1S/C15H20O6S/c1-15(2)20-10-12(21-15)9-19-14(16)8-11-6-4-5-7-13(11)22(3,17)18/h4-7,12H,8-10H2,1-3H3. The lowest BCUT2D eigenvalue weighted by Gasteiger charge is -2.17. The van der Waals surface area contributed by atoms with Crippen LogP contribution in [0.1, 0.15) is 19.4 Å². The van der Waals surface area contributed by atoms with E-state index in [0.29, 0.717) is 12.2 Å². The molecule has 1 fully saturated rings. The molecule has 0 saturated carbocycles. The van der Waals surface area contributed by atoms with Crippen molar-refractivity contribution in [2.45, 2.75) is 37.1 Å². The van der Waals surface area contributed by atoms with E-state index in [1.165, 1.54) is 6.07 Å². The summed E-state index contributed by atoms with van der Waals surface area (Å²) in [6.45, 7) is 4.03. The highest BCUT2D eigenvalue weighted by atomic mass is 32.2. The average molecular weight is 328 g/mol. The van der Waals surface area contributed by atoms with Crippen molar-refractivity contribution >= 4 is 15.8 Å². The first kappa shape index (κ1) is 16.9. The van der Waals surface area contributed by atoms with Crippen LogP contribution in [0.2, 0.25) is 0 Å². The Morgan fingerprint density at radius 1 is 1.36 bits per heavy atom. The number of sulfone groups is 1. The molecular weight excluding hydrogens is 308 g/mol. The largest absolute Gasteiger partial charge is 0.463 e. The summed E-state index contributed by atoms with van der Waals surface area (Å²) in [5, 5.41) is 0. The van der Waals surface area contributed by atoms with Crippen LogP contribution in [0.3, 0.4) is 0 Å². The smallest absolute Gasteiger partial charge is 0.310 e. The second-order valence-electron chi connectivity index (χ2n) is 5.69. The quantitative estimate of drug-likeness (QED) is 0.759. The van der Waals surface area contributed by atoms with Crippen LogP contribution in [0.5, 0.6) is 0 Å². The Balaban J connectivity index is 1.93. The molecule has 122 valence electrons. The van der Waals surface area contributed by atoms with Crippen molar-refractivity contribution in [3.8, 4) is 0 Å². The van der Waals surface area contributed by atoms with Crippen LogP contribution in [-0.4, -0.2) is 45.7 Å². The Labute approximate surface area is 130 Å². The van der Waals surface area contributed by atoms with E-state index in [4.69, 9.17) is 14.2 Å². The first-order chi connectivity index (χ1) is 10.2. The molecule has 1 aromatic rings. The first-order valence-corrected chi connectivity index (χ1v) is 8.82. The fourth-order valence-corrected chi connectivity index (χ4v) is 3.19. The molecule has 0 aliphatic carbocycles. The third-order valence-corrected chi connectivity index (χ3v) is 4.40. The summed E-state index contributed by atoms with van der Waals surface area (Å²) in [5.41, 5.74) is 0.430. The summed E-state index contributed by atoms with van der Waals surface area (Å²) in [7, 11) is -3.38. The number of hydrogen-bond acceptors (Lipinski definition) is 6. The van der Waals surface area contributed by atoms with Gasteiger partial charge in [0.05, 0.1) is 17.9 Å². The molecule has 0 amide bonds. The number of esters is 1. The van der Waals surface area contributed by atoms with Crippen LogP contribution in [0, 0.1) is 0 Å². The van der Waals surface area contributed by atoms with Crippen molar-refractivity contribution in [3.63, 3.8) is 0 Å². The molecule has 1 saturated heterocycles. The zero-order valence-electron chi connectivity index (χ0n) is 12.9. The van der Waals surface area contributed by atoms with Gasteiger partial charge in [0.2, 0.25) is 0 Å². The maximum atomic E-state index is 11.9. The van der Waals surface area contributed by atoms with Gasteiger partial charge < -0.3 is 14.2 Å². The monoisotopic (exact) mass is 328 g/mol. The molecule has 2 rings (SSSR count). The van der Waals surface area contributed by atoms with Gasteiger partial charge in [0.15, 0.2) is 15.6 Å². The first-order valence-electron chi connectivity index (χ1n) is 6.93. The second kappa shape index (κ2) is 6.36. The average Bonchev–Trinajstić information content (AvgIpc) is 2.75. The zero-order valence-corrected chi connectivity index (χ0v) is 13.7. The Bertz CT molecular complexity index is 650. The third-order valence-electron chi connectivity index (χ3n) is 3.20. The lowest BCUT2D eigenvalue weighted by molar-refractivity contribution is -0.157. The molecule has 0 spiro atoms. The predicted molar refractivity (Wildman–Crippen MR) is 79.1 cm³/mol. The molecule has 1 aromatic carbocycles. The fraction of sp³-hybridized carbons (Fsp3) is 0.533. The number of carbonyl (C=O) groups is 1. The van der Waals surface area contributed by atoms with Crippen molar-refractivity contribution in [1.82, 2.24) is 0 Å². The molecule has 0 radical (unpaired) electrons. The molecule has 1 unspecified atom stereocenters. The highest BCUT2D eigenvalue weighted by Crippen LogP contribution is 2.22. The summed E-state index contributed by atoms with van der Waals surface area (Å²) < 4.78 is 39.4. The van der Waals surface area contributed by atoms with E-state index in [9.17, 15) is 13.2 Å². The van der Waals surface area contributed by atoms with E-state index in [-0.39, 0.29) is 24.0 Å². The Kier molecular flexibility index (Phi) is 4.89. The van der Waals surface area contributed by atoms with Crippen LogP contribution in [0.4, 0.5) is 0 Å². The van der Waals surface area contributed by atoms with Crippen molar-refractivity contribution < 1.29 is 27.4 Å². The number of ether oxygens (including phenoxy) is 3. The number of benzene rings is 1. The van der Waals surface area contributed by atoms with Gasteiger partial charge in [-0.2, -0.15) is 0 Å². The predicted octanol–water partition coefficient (Wildman–Crippen LogP) is 1.33. The summed E-state index contributed by atoms with van der Waals surface area (Å²) in [4.78, 5) is 12.0. The maximum Gasteiger partial charge on any atom is 0.310 e.